The van der Waals surface area contributed by atoms with Gasteiger partial charge in [-0.15, -0.1) is 5.10 Å². The van der Waals surface area contributed by atoms with E-state index in [9.17, 15) is 0 Å². The number of fused-ring (bicyclic) bond motifs is 1. The van der Waals surface area contributed by atoms with Crippen LogP contribution < -0.4 is 10.6 Å². The van der Waals surface area contributed by atoms with E-state index < -0.39 is 0 Å². The Morgan fingerprint density at radius 2 is 2.10 bits per heavy atom. The summed E-state index contributed by atoms with van der Waals surface area (Å²) in [5.74, 6) is 0.674. The van der Waals surface area contributed by atoms with Gasteiger partial charge in [-0.2, -0.15) is 4.98 Å². The van der Waals surface area contributed by atoms with Crippen LogP contribution in [0.15, 0.2) is 48.9 Å². The number of anilines is 1. The molecule has 108 valence electrons. The molecule has 0 bridgehead atoms. The van der Waals surface area contributed by atoms with Gasteiger partial charge in [-0.1, -0.05) is 12.1 Å². The Kier molecular flexibility index (Phi) is 4.38. The molecule has 0 spiro atoms. The Balaban J connectivity index is 1.36. The molecule has 0 unspecified atom stereocenters. The van der Waals surface area contributed by atoms with Crippen molar-refractivity contribution >= 4 is 11.6 Å². The Labute approximate surface area is 123 Å². The largest absolute Gasteiger partial charge is 0.353 e. The summed E-state index contributed by atoms with van der Waals surface area (Å²) in [6, 6.07) is 9.85. The third-order valence-electron chi connectivity index (χ3n) is 3.11. The van der Waals surface area contributed by atoms with E-state index in [0.29, 0.717) is 5.95 Å². The summed E-state index contributed by atoms with van der Waals surface area (Å²) >= 11 is 0. The summed E-state index contributed by atoms with van der Waals surface area (Å²) in [6.07, 6.45) is 6.57. The molecule has 2 N–H and O–H groups in total. The quantitative estimate of drug-likeness (QED) is 0.646. The van der Waals surface area contributed by atoms with Gasteiger partial charge < -0.3 is 10.6 Å². The molecule has 6 nitrogen and oxygen atoms in total. The Morgan fingerprint density at radius 3 is 2.95 bits per heavy atom. The van der Waals surface area contributed by atoms with Crippen LogP contribution in [-0.4, -0.2) is 32.7 Å². The third kappa shape index (κ3) is 3.76. The molecule has 0 aliphatic carbocycles. The fraction of sp³-hybridized carbons (Fsp3) is 0.267. The Bertz CT molecular complexity index is 646. The van der Waals surface area contributed by atoms with Gasteiger partial charge in [0.15, 0.2) is 5.65 Å². The lowest BCUT2D eigenvalue weighted by Crippen LogP contribution is -2.18. The van der Waals surface area contributed by atoms with Gasteiger partial charge in [-0.25, -0.2) is 4.52 Å². The molecule has 21 heavy (non-hydrogen) atoms. The zero-order valence-electron chi connectivity index (χ0n) is 11.7. The van der Waals surface area contributed by atoms with Crippen LogP contribution in [0.2, 0.25) is 0 Å². The molecular formula is C15H18N6. The van der Waals surface area contributed by atoms with Crippen LogP contribution >= 0.6 is 0 Å². The van der Waals surface area contributed by atoms with Crippen molar-refractivity contribution in [2.75, 3.05) is 18.4 Å². The lowest BCUT2D eigenvalue weighted by Gasteiger charge is -2.04. The second-order valence-corrected chi connectivity index (χ2v) is 4.76. The van der Waals surface area contributed by atoms with Crippen molar-refractivity contribution in [2.45, 2.75) is 13.0 Å². The normalized spacial score (nSPS) is 10.9. The van der Waals surface area contributed by atoms with E-state index in [2.05, 4.69) is 31.8 Å². The molecule has 3 rings (SSSR count). The maximum Gasteiger partial charge on any atom is 0.243 e. The highest BCUT2D eigenvalue weighted by Gasteiger charge is 2.00. The molecule has 0 fully saturated rings. The van der Waals surface area contributed by atoms with Gasteiger partial charge in [-0.3, -0.25) is 4.98 Å². The maximum absolute atomic E-state index is 4.39. The van der Waals surface area contributed by atoms with Crippen molar-refractivity contribution in [3.8, 4) is 0 Å². The van der Waals surface area contributed by atoms with Gasteiger partial charge >= 0.3 is 0 Å². The number of hydrogen-bond acceptors (Lipinski definition) is 5. The van der Waals surface area contributed by atoms with Gasteiger partial charge in [-0.05, 0) is 36.7 Å². The molecule has 0 radical (unpaired) electrons. The lowest BCUT2D eigenvalue weighted by atomic mass is 10.3. The minimum absolute atomic E-state index is 0.674. The van der Waals surface area contributed by atoms with E-state index in [1.807, 2.05) is 36.7 Å². The van der Waals surface area contributed by atoms with Crippen LogP contribution in [0, 0.1) is 0 Å². The number of rotatable bonds is 7. The summed E-state index contributed by atoms with van der Waals surface area (Å²) in [5, 5.41) is 11.0. The topological polar surface area (TPSA) is 67.1 Å². The van der Waals surface area contributed by atoms with Crippen molar-refractivity contribution in [3.05, 3.63) is 54.5 Å². The fourth-order valence-corrected chi connectivity index (χ4v) is 2.06. The second-order valence-electron chi connectivity index (χ2n) is 4.76. The van der Waals surface area contributed by atoms with Crippen molar-refractivity contribution < 1.29 is 0 Å². The highest BCUT2D eigenvalue weighted by Crippen LogP contribution is 2.04. The number of pyridine rings is 2. The molecule has 0 aliphatic rings. The van der Waals surface area contributed by atoms with Crippen LogP contribution in [-0.2, 0) is 6.54 Å². The minimum Gasteiger partial charge on any atom is -0.353 e. The molecule has 3 heterocycles. The summed E-state index contributed by atoms with van der Waals surface area (Å²) < 4.78 is 1.77. The van der Waals surface area contributed by atoms with Gasteiger partial charge in [0.2, 0.25) is 5.95 Å². The summed E-state index contributed by atoms with van der Waals surface area (Å²) in [5.41, 5.74) is 2.06. The van der Waals surface area contributed by atoms with E-state index >= 15 is 0 Å². The first kappa shape index (κ1) is 13.5. The second kappa shape index (κ2) is 6.81. The molecule has 0 atom stereocenters. The van der Waals surface area contributed by atoms with Crippen LogP contribution in [0.3, 0.4) is 0 Å². The van der Waals surface area contributed by atoms with E-state index in [-0.39, 0.29) is 0 Å². The van der Waals surface area contributed by atoms with E-state index in [4.69, 9.17) is 0 Å². The molecule has 3 aromatic rings. The summed E-state index contributed by atoms with van der Waals surface area (Å²) in [4.78, 5) is 8.48. The molecule has 0 saturated carbocycles. The van der Waals surface area contributed by atoms with E-state index in [0.717, 1.165) is 31.7 Å². The first-order chi connectivity index (χ1) is 10.4. The van der Waals surface area contributed by atoms with E-state index in [1.165, 1.54) is 5.56 Å². The van der Waals surface area contributed by atoms with Gasteiger partial charge in [0.25, 0.3) is 0 Å². The van der Waals surface area contributed by atoms with Gasteiger partial charge in [0.1, 0.15) is 0 Å². The Morgan fingerprint density at radius 1 is 1.10 bits per heavy atom. The molecule has 3 aromatic heterocycles. The zero-order valence-corrected chi connectivity index (χ0v) is 11.7. The molecule has 0 aliphatic heterocycles. The standard InChI is InChI=1S/C15H18N6/c1-2-10-21-14(6-1)19-15(20-21)18-9-4-8-17-12-13-5-3-7-16-11-13/h1-3,5-7,10-11,17H,4,8-9,12H2,(H,18,20). The highest BCUT2D eigenvalue weighted by atomic mass is 15.3. The molecule has 6 heteroatoms. The average molecular weight is 282 g/mol. The van der Waals surface area contributed by atoms with Crippen LogP contribution in [0.1, 0.15) is 12.0 Å². The minimum atomic E-state index is 0.674. The van der Waals surface area contributed by atoms with E-state index in [1.54, 1.807) is 10.7 Å². The predicted octanol–water partition coefficient (Wildman–Crippen LogP) is 1.72. The highest BCUT2D eigenvalue weighted by molar-refractivity contribution is 5.42. The fourth-order valence-electron chi connectivity index (χ4n) is 2.06. The van der Waals surface area contributed by atoms with Crippen LogP contribution in [0.4, 0.5) is 5.95 Å². The summed E-state index contributed by atoms with van der Waals surface area (Å²) in [6.45, 7) is 2.63. The van der Waals surface area contributed by atoms with Crippen LogP contribution in [0.25, 0.3) is 5.65 Å². The zero-order chi connectivity index (χ0) is 14.3. The van der Waals surface area contributed by atoms with Crippen molar-refractivity contribution in [1.82, 2.24) is 24.9 Å². The summed E-state index contributed by atoms with van der Waals surface area (Å²) in [7, 11) is 0. The number of aromatic nitrogens is 4. The lowest BCUT2D eigenvalue weighted by molar-refractivity contribution is 0.660. The first-order valence-corrected chi connectivity index (χ1v) is 7.07. The van der Waals surface area contributed by atoms with Crippen molar-refractivity contribution in [3.63, 3.8) is 0 Å². The van der Waals surface area contributed by atoms with Crippen LogP contribution in [0.5, 0.6) is 0 Å². The number of nitrogens with zero attached hydrogens (tertiary/aromatic N) is 4. The third-order valence-corrected chi connectivity index (χ3v) is 3.11. The number of hydrogen-bond donors (Lipinski definition) is 2. The molecule has 0 aromatic carbocycles. The Hall–Kier alpha value is -2.47. The van der Waals surface area contributed by atoms with Gasteiger partial charge in [0, 0.05) is 31.7 Å². The number of nitrogens with one attached hydrogen (secondary N) is 2. The molecule has 0 saturated heterocycles. The average Bonchev–Trinajstić information content (AvgIpc) is 2.94. The molecular weight excluding hydrogens is 264 g/mol. The SMILES string of the molecule is c1cncc(CNCCCNc2nc3ccccn3n2)c1. The van der Waals surface area contributed by atoms with Crippen molar-refractivity contribution in [2.24, 2.45) is 0 Å². The smallest absolute Gasteiger partial charge is 0.243 e. The van der Waals surface area contributed by atoms with Gasteiger partial charge in [0.05, 0.1) is 0 Å². The van der Waals surface area contributed by atoms with Crippen molar-refractivity contribution in [1.29, 1.82) is 0 Å². The predicted molar refractivity (Wildman–Crippen MR) is 82.0 cm³/mol. The first-order valence-electron chi connectivity index (χ1n) is 7.07. The maximum atomic E-state index is 4.39. The monoisotopic (exact) mass is 282 g/mol. The molecule has 0 amide bonds.